The fourth-order valence-electron chi connectivity index (χ4n) is 6.19. The van der Waals surface area contributed by atoms with Gasteiger partial charge in [0.1, 0.15) is 5.54 Å². The monoisotopic (exact) mass is 465 g/mol. The van der Waals surface area contributed by atoms with Gasteiger partial charge in [0.2, 0.25) is 17.7 Å². The number of hydrogen-bond acceptors (Lipinski definition) is 4. The fraction of sp³-hybridized carbons (Fsp3) is 0.348. The van der Waals surface area contributed by atoms with E-state index in [9.17, 15) is 14.4 Å². The summed E-state index contributed by atoms with van der Waals surface area (Å²) in [5, 5.41) is 3.01. The van der Waals surface area contributed by atoms with E-state index in [4.69, 9.17) is 0 Å². The third-order valence-electron chi connectivity index (χ3n) is 7.21. The van der Waals surface area contributed by atoms with Crippen LogP contribution in [0.3, 0.4) is 0 Å². The van der Waals surface area contributed by atoms with E-state index in [1.54, 1.807) is 12.1 Å². The lowest BCUT2D eigenvalue weighted by atomic mass is 9.75. The minimum absolute atomic E-state index is 0.0965. The number of hydrogen-bond donors (Lipinski definition) is 1. The summed E-state index contributed by atoms with van der Waals surface area (Å²) in [6.45, 7) is 2.70. The van der Waals surface area contributed by atoms with Gasteiger partial charge in [0, 0.05) is 21.8 Å². The second-order valence-electron chi connectivity index (χ2n) is 8.67. The van der Waals surface area contributed by atoms with E-state index in [1.807, 2.05) is 37.3 Å². The summed E-state index contributed by atoms with van der Waals surface area (Å²) in [6.07, 6.45) is 1.74. The molecule has 0 radical (unpaired) electrons. The van der Waals surface area contributed by atoms with Crippen molar-refractivity contribution in [2.45, 2.75) is 31.3 Å². The quantitative estimate of drug-likeness (QED) is 0.656. The fourth-order valence-corrected chi connectivity index (χ4v) is 6.57. The number of amides is 3. The molecule has 0 bridgehead atoms. The van der Waals surface area contributed by atoms with Gasteiger partial charge in [-0.1, -0.05) is 39.7 Å². The van der Waals surface area contributed by atoms with E-state index in [-0.39, 0.29) is 23.8 Å². The number of nitrogens with zero attached hydrogens (tertiary/aromatic N) is 2. The smallest absolute Gasteiger partial charge is 0.250 e. The van der Waals surface area contributed by atoms with Gasteiger partial charge in [0.15, 0.2) is 0 Å². The molecule has 4 atom stereocenters. The topological polar surface area (TPSA) is 69.7 Å². The summed E-state index contributed by atoms with van der Waals surface area (Å²) in [5.74, 6) is -1.86. The van der Waals surface area contributed by atoms with Crippen molar-refractivity contribution in [2.24, 2.45) is 11.8 Å². The third-order valence-corrected chi connectivity index (χ3v) is 7.71. The van der Waals surface area contributed by atoms with Gasteiger partial charge in [-0.25, -0.2) is 4.90 Å². The Labute approximate surface area is 182 Å². The molecular weight excluding hydrogens is 446 g/mol. The molecule has 6 nitrogen and oxygen atoms in total. The lowest BCUT2D eigenvalue weighted by Gasteiger charge is -2.36. The Balaban J connectivity index is 1.57. The number of benzene rings is 2. The molecule has 6 rings (SSSR count). The lowest BCUT2D eigenvalue weighted by molar-refractivity contribution is -0.135. The standard InChI is InChI=1S/C23H20BrN3O3/c1-12-7-8-16-15(10-12)23(22(30)25-16)19-18(17-6-3-9-26(17)23)20(28)27(21(19)29)14-5-2-4-13(24)11-14/h2,4-5,7-8,10-11,17-19H,3,6,9H2,1H3,(H,25,30)/t17-,18-,19-,23+/m0/s1. The molecule has 2 aromatic carbocycles. The highest BCUT2D eigenvalue weighted by atomic mass is 79.9. The molecule has 3 fully saturated rings. The van der Waals surface area contributed by atoms with E-state index < -0.39 is 17.4 Å². The second kappa shape index (κ2) is 6.02. The number of aryl methyl sites for hydroxylation is 1. The maximum atomic E-state index is 13.8. The van der Waals surface area contributed by atoms with Crippen LogP contribution in [-0.2, 0) is 19.9 Å². The first-order chi connectivity index (χ1) is 14.4. The van der Waals surface area contributed by atoms with Gasteiger partial charge in [-0.05, 0) is 50.6 Å². The highest BCUT2D eigenvalue weighted by Crippen LogP contribution is 2.60. The van der Waals surface area contributed by atoms with Crippen molar-refractivity contribution >= 4 is 45.0 Å². The molecule has 4 aliphatic heterocycles. The molecule has 4 heterocycles. The Morgan fingerprint density at radius 2 is 1.93 bits per heavy atom. The predicted octanol–water partition coefficient (Wildman–Crippen LogP) is 3.19. The first-order valence-electron chi connectivity index (χ1n) is 10.3. The first-order valence-corrected chi connectivity index (χ1v) is 11.1. The van der Waals surface area contributed by atoms with Gasteiger partial charge in [-0.2, -0.15) is 0 Å². The minimum Gasteiger partial charge on any atom is -0.324 e. The predicted molar refractivity (Wildman–Crippen MR) is 115 cm³/mol. The maximum Gasteiger partial charge on any atom is 0.250 e. The summed E-state index contributed by atoms with van der Waals surface area (Å²) in [5.41, 5.74) is 2.06. The highest BCUT2D eigenvalue weighted by Gasteiger charge is 2.74. The Hall–Kier alpha value is -2.51. The Kier molecular flexibility index (Phi) is 3.66. The van der Waals surface area contributed by atoms with Crippen LogP contribution >= 0.6 is 15.9 Å². The molecule has 0 saturated carbocycles. The van der Waals surface area contributed by atoms with E-state index in [1.165, 1.54) is 4.90 Å². The van der Waals surface area contributed by atoms with E-state index in [0.717, 1.165) is 40.7 Å². The van der Waals surface area contributed by atoms with Crippen LogP contribution in [0.2, 0.25) is 0 Å². The van der Waals surface area contributed by atoms with Crippen LogP contribution in [0.25, 0.3) is 0 Å². The average Bonchev–Trinajstić information content (AvgIpc) is 3.40. The van der Waals surface area contributed by atoms with Crippen LogP contribution in [0.15, 0.2) is 46.9 Å². The summed E-state index contributed by atoms with van der Waals surface area (Å²) in [7, 11) is 0. The van der Waals surface area contributed by atoms with Crippen molar-refractivity contribution in [2.75, 3.05) is 16.8 Å². The van der Waals surface area contributed by atoms with Crippen LogP contribution in [0.1, 0.15) is 24.0 Å². The van der Waals surface area contributed by atoms with Gasteiger partial charge < -0.3 is 5.32 Å². The van der Waals surface area contributed by atoms with Crippen LogP contribution in [0, 0.1) is 18.8 Å². The maximum absolute atomic E-state index is 13.8. The zero-order chi connectivity index (χ0) is 20.8. The molecule has 152 valence electrons. The third kappa shape index (κ3) is 2.04. The zero-order valence-corrected chi connectivity index (χ0v) is 18.0. The second-order valence-corrected chi connectivity index (χ2v) is 9.58. The molecule has 0 unspecified atom stereocenters. The molecule has 30 heavy (non-hydrogen) atoms. The molecule has 2 aromatic rings. The van der Waals surface area contributed by atoms with Crippen LogP contribution < -0.4 is 10.2 Å². The van der Waals surface area contributed by atoms with Gasteiger partial charge in [-0.3, -0.25) is 19.3 Å². The SMILES string of the molecule is Cc1ccc2c(c1)[C@]1(C(=O)N2)[C@@H]2C(=O)N(c3cccc(Br)c3)C(=O)[C@H]2[C@@H]2CCCN21. The van der Waals surface area contributed by atoms with Gasteiger partial charge in [0.25, 0.3) is 0 Å². The average molecular weight is 466 g/mol. The number of rotatable bonds is 1. The number of imide groups is 1. The van der Waals surface area contributed by atoms with E-state index in [2.05, 4.69) is 26.1 Å². The Bertz CT molecular complexity index is 1150. The minimum atomic E-state index is -1.11. The molecule has 4 aliphatic rings. The Morgan fingerprint density at radius 3 is 2.73 bits per heavy atom. The van der Waals surface area contributed by atoms with Crippen LogP contribution in [0.4, 0.5) is 11.4 Å². The number of nitrogens with one attached hydrogen (secondary N) is 1. The highest BCUT2D eigenvalue weighted by molar-refractivity contribution is 9.10. The van der Waals surface area contributed by atoms with Crippen molar-refractivity contribution < 1.29 is 14.4 Å². The summed E-state index contributed by atoms with van der Waals surface area (Å²) < 4.78 is 0.800. The molecular formula is C23H20BrN3O3. The molecule has 7 heteroatoms. The normalized spacial score (nSPS) is 32.0. The van der Waals surface area contributed by atoms with Gasteiger partial charge >= 0.3 is 0 Å². The van der Waals surface area contributed by atoms with Crippen molar-refractivity contribution in [3.05, 3.63) is 58.1 Å². The van der Waals surface area contributed by atoms with Gasteiger partial charge in [-0.15, -0.1) is 0 Å². The Morgan fingerprint density at radius 1 is 1.10 bits per heavy atom. The number of fused-ring (bicyclic) bond motifs is 7. The van der Waals surface area contributed by atoms with Crippen LogP contribution in [0.5, 0.6) is 0 Å². The number of anilines is 2. The molecule has 1 spiro atoms. The summed E-state index contributed by atoms with van der Waals surface area (Å²) in [6, 6.07) is 13.0. The van der Waals surface area contributed by atoms with E-state index in [0.29, 0.717) is 5.69 Å². The molecule has 1 N–H and O–H groups in total. The van der Waals surface area contributed by atoms with Crippen molar-refractivity contribution in [1.29, 1.82) is 0 Å². The van der Waals surface area contributed by atoms with E-state index >= 15 is 0 Å². The zero-order valence-electron chi connectivity index (χ0n) is 16.4. The van der Waals surface area contributed by atoms with Gasteiger partial charge in [0.05, 0.1) is 17.5 Å². The number of carbonyl (C=O) groups excluding carboxylic acids is 3. The van der Waals surface area contributed by atoms with Crippen molar-refractivity contribution in [3.63, 3.8) is 0 Å². The molecule has 3 saturated heterocycles. The summed E-state index contributed by atoms with van der Waals surface area (Å²) >= 11 is 3.43. The number of halogens is 1. The molecule has 0 aliphatic carbocycles. The van der Waals surface area contributed by atoms with Crippen molar-refractivity contribution in [3.8, 4) is 0 Å². The van der Waals surface area contributed by atoms with Crippen molar-refractivity contribution in [1.82, 2.24) is 4.90 Å². The lowest BCUT2D eigenvalue weighted by Crippen LogP contribution is -2.54. The molecule has 0 aromatic heterocycles. The largest absolute Gasteiger partial charge is 0.324 e. The van der Waals surface area contributed by atoms with Crippen LogP contribution in [-0.4, -0.2) is 35.2 Å². The molecule has 3 amide bonds. The summed E-state index contributed by atoms with van der Waals surface area (Å²) in [4.78, 5) is 44.4. The first kappa shape index (κ1) is 18.3. The number of carbonyl (C=O) groups is 3.